The van der Waals surface area contributed by atoms with Crippen LogP contribution in [-0.2, 0) is 24.2 Å². The van der Waals surface area contributed by atoms with Crippen LogP contribution in [0.15, 0.2) is 34.7 Å². The van der Waals surface area contributed by atoms with Gasteiger partial charge in [0.2, 0.25) is 11.7 Å². The fourth-order valence-corrected chi connectivity index (χ4v) is 2.98. The number of nitrogens with one attached hydrogen (secondary N) is 1. The molecule has 130 valence electrons. The standard InChI is InChI=1S/C19H19NO5/c21-16(14-5-4-12-2-1-3-13(12)10-14)7-9-18(22)20-11-15-6-8-17(25-15)19(23)24/h4-6,8,10H,1-3,7,9,11H2,(H,20,22)(H,23,24). The van der Waals surface area contributed by atoms with Gasteiger partial charge in [0.05, 0.1) is 6.54 Å². The summed E-state index contributed by atoms with van der Waals surface area (Å²) < 4.78 is 5.05. The van der Waals surface area contributed by atoms with Crippen molar-refractivity contribution >= 4 is 17.7 Å². The van der Waals surface area contributed by atoms with Crippen molar-refractivity contribution in [1.29, 1.82) is 0 Å². The fraction of sp³-hybridized carbons (Fsp3) is 0.316. The summed E-state index contributed by atoms with van der Waals surface area (Å²) in [4.78, 5) is 34.8. The molecule has 0 spiro atoms. The molecule has 1 heterocycles. The maximum Gasteiger partial charge on any atom is 0.371 e. The lowest BCUT2D eigenvalue weighted by atomic mass is 10.0. The van der Waals surface area contributed by atoms with Gasteiger partial charge in [0.1, 0.15) is 5.76 Å². The predicted octanol–water partition coefficient (Wildman–Crippen LogP) is 2.75. The van der Waals surface area contributed by atoms with E-state index in [1.165, 1.54) is 23.3 Å². The molecule has 2 N–H and O–H groups in total. The average Bonchev–Trinajstić information content (AvgIpc) is 3.26. The molecule has 1 aromatic heterocycles. The van der Waals surface area contributed by atoms with E-state index in [1.54, 1.807) is 0 Å². The quantitative estimate of drug-likeness (QED) is 0.755. The highest BCUT2D eigenvalue weighted by Crippen LogP contribution is 2.23. The van der Waals surface area contributed by atoms with E-state index in [1.807, 2.05) is 18.2 Å². The van der Waals surface area contributed by atoms with Crippen molar-refractivity contribution in [3.8, 4) is 0 Å². The lowest BCUT2D eigenvalue weighted by molar-refractivity contribution is -0.121. The van der Waals surface area contributed by atoms with E-state index in [0.29, 0.717) is 11.3 Å². The predicted molar refractivity (Wildman–Crippen MR) is 89.5 cm³/mol. The van der Waals surface area contributed by atoms with Gasteiger partial charge in [-0.15, -0.1) is 0 Å². The van der Waals surface area contributed by atoms with Crippen LogP contribution in [0.4, 0.5) is 0 Å². The first-order chi connectivity index (χ1) is 12.0. The number of fused-ring (bicyclic) bond motifs is 1. The van der Waals surface area contributed by atoms with Crippen molar-refractivity contribution in [2.75, 3.05) is 0 Å². The third-order valence-corrected chi connectivity index (χ3v) is 4.33. The van der Waals surface area contributed by atoms with Gasteiger partial charge in [-0.2, -0.15) is 0 Å². The highest BCUT2D eigenvalue weighted by atomic mass is 16.4. The Labute approximate surface area is 144 Å². The van der Waals surface area contributed by atoms with Crippen molar-refractivity contribution in [3.63, 3.8) is 0 Å². The number of carbonyl (C=O) groups is 3. The summed E-state index contributed by atoms with van der Waals surface area (Å²) >= 11 is 0. The van der Waals surface area contributed by atoms with E-state index in [-0.39, 0.29) is 36.8 Å². The molecule has 25 heavy (non-hydrogen) atoms. The lowest BCUT2D eigenvalue weighted by Crippen LogP contribution is -2.23. The number of hydrogen-bond donors (Lipinski definition) is 2. The van der Waals surface area contributed by atoms with E-state index in [0.717, 1.165) is 19.3 Å². The van der Waals surface area contributed by atoms with E-state index >= 15 is 0 Å². The molecule has 0 saturated carbocycles. The molecule has 1 amide bonds. The zero-order valence-electron chi connectivity index (χ0n) is 13.7. The summed E-state index contributed by atoms with van der Waals surface area (Å²) in [5.74, 6) is -1.29. The molecular formula is C19H19NO5. The Kier molecular flexibility index (Phi) is 4.97. The van der Waals surface area contributed by atoms with Crippen LogP contribution in [-0.4, -0.2) is 22.8 Å². The van der Waals surface area contributed by atoms with Crippen LogP contribution in [0.25, 0.3) is 0 Å². The first-order valence-electron chi connectivity index (χ1n) is 8.26. The number of carboxylic acids is 1. The summed E-state index contributed by atoms with van der Waals surface area (Å²) in [6.07, 6.45) is 3.44. The number of benzene rings is 1. The number of furan rings is 1. The minimum atomic E-state index is -1.16. The molecule has 0 unspecified atom stereocenters. The molecule has 0 radical (unpaired) electrons. The number of rotatable bonds is 7. The highest BCUT2D eigenvalue weighted by Gasteiger charge is 2.15. The van der Waals surface area contributed by atoms with E-state index in [9.17, 15) is 14.4 Å². The SMILES string of the molecule is O=C(CCC(=O)c1ccc2c(c1)CCC2)NCc1ccc(C(=O)O)o1. The molecule has 0 saturated heterocycles. The summed E-state index contributed by atoms with van der Waals surface area (Å²) in [6, 6.07) is 8.62. The molecule has 6 heteroatoms. The lowest BCUT2D eigenvalue weighted by Gasteiger charge is -2.05. The topological polar surface area (TPSA) is 96.6 Å². The average molecular weight is 341 g/mol. The van der Waals surface area contributed by atoms with Gasteiger partial charge in [0.25, 0.3) is 0 Å². The van der Waals surface area contributed by atoms with Crippen LogP contribution in [0.1, 0.15) is 57.1 Å². The molecule has 6 nitrogen and oxygen atoms in total. The van der Waals surface area contributed by atoms with Gasteiger partial charge >= 0.3 is 5.97 Å². The normalized spacial score (nSPS) is 12.6. The van der Waals surface area contributed by atoms with E-state index in [4.69, 9.17) is 9.52 Å². The molecule has 0 fully saturated rings. The van der Waals surface area contributed by atoms with Gasteiger partial charge in [0, 0.05) is 18.4 Å². The largest absolute Gasteiger partial charge is 0.475 e. The Balaban J connectivity index is 1.46. The van der Waals surface area contributed by atoms with Crippen molar-refractivity contribution < 1.29 is 23.9 Å². The van der Waals surface area contributed by atoms with Gasteiger partial charge in [-0.3, -0.25) is 9.59 Å². The van der Waals surface area contributed by atoms with Crippen LogP contribution in [0.5, 0.6) is 0 Å². The van der Waals surface area contributed by atoms with Crippen molar-refractivity contribution in [1.82, 2.24) is 5.32 Å². The van der Waals surface area contributed by atoms with Gasteiger partial charge in [-0.25, -0.2) is 4.79 Å². The van der Waals surface area contributed by atoms with Gasteiger partial charge in [-0.1, -0.05) is 12.1 Å². The second kappa shape index (κ2) is 7.34. The summed E-state index contributed by atoms with van der Waals surface area (Å²) in [5, 5.41) is 11.4. The molecule has 0 bridgehead atoms. The van der Waals surface area contributed by atoms with Crippen LogP contribution < -0.4 is 5.32 Å². The molecule has 0 aliphatic heterocycles. The Morgan fingerprint density at radius 1 is 1.04 bits per heavy atom. The van der Waals surface area contributed by atoms with Crippen LogP contribution in [0.3, 0.4) is 0 Å². The number of carbonyl (C=O) groups excluding carboxylic acids is 2. The zero-order chi connectivity index (χ0) is 17.8. The zero-order valence-corrected chi connectivity index (χ0v) is 13.7. The molecular weight excluding hydrogens is 322 g/mol. The third-order valence-electron chi connectivity index (χ3n) is 4.33. The Hall–Kier alpha value is -2.89. The smallest absolute Gasteiger partial charge is 0.371 e. The van der Waals surface area contributed by atoms with E-state index in [2.05, 4.69) is 5.32 Å². The Morgan fingerprint density at radius 2 is 1.84 bits per heavy atom. The number of amides is 1. The van der Waals surface area contributed by atoms with Crippen LogP contribution in [0, 0.1) is 0 Å². The minimum absolute atomic E-state index is 0.0454. The fourth-order valence-electron chi connectivity index (χ4n) is 2.98. The summed E-state index contributed by atoms with van der Waals surface area (Å²) in [6.45, 7) is 0.0964. The first-order valence-corrected chi connectivity index (χ1v) is 8.26. The van der Waals surface area contributed by atoms with Gasteiger partial charge in [-0.05, 0) is 48.6 Å². The molecule has 3 rings (SSSR count). The highest BCUT2D eigenvalue weighted by molar-refractivity contribution is 5.98. The second-order valence-electron chi connectivity index (χ2n) is 6.11. The number of aromatic carboxylic acids is 1. The van der Waals surface area contributed by atoms with Crippen molar-refractivity contribution in [2.45, 2.75) is 38.6 Å². The van der Waals surface area contributed by atoms with Gasteiger partial charge < -0.3 is 14.8 Å². The molecule has 2 aromatic rings. The maximum atomic E-state index is 12.2. The van der Waals surface area contributed by atoms with Crippen LogP contribution in [0.2, 0.25) is 0 Å². The summed E-state index contributed by atoms with van der Waals surface area (Å²) in [5.41, 5.74) is 3.21. The summed E-state index contributed by atoms with van der Waals surface area (Å²) in [7, 11) is 0. The van der Waals surface area contributed by atoms with Crippen molar-refractivity contribution in [2.24, 2.45) is 0 Å². The Bertz CT molecular complexity index is 821. The molecule has 1 aromatic carbocycles. The third kappa shape index (κ3) is 4.15. The van der Waals surface area contributed by atoms with Crippen LogP contribution >= 0.6 is 0 Å². The molecule has 1 aliphatic carbocycles. The first kappa shape index (κ1) is 17.0. The number of carboxylic acid groups (broad SMARTS) is 1. The van der Waals surface area contributed by atoms with Crippen molar-refractivity contribution in [3.05, 3.63) is 58.5 Å². The monoisotopic (exact) mass is 341 g/mol. The van der Waals surface area contributed by atoms with E-state index < -0.39 is 5.97 Å². The minimum Gasteiger partial charge on any atom is -0.475 e. The number of hydrogen-bond acceptors (Lipinski definition) is 4. The Morgan fingerprint density at radius 3 is 2.60 bits per heavy atom. The molecule has 0 atom stereocenters. The second-order valence-corrected chi connectivity index (χ2v) is 6.11. The number of ketones is 1. The molecule has 1 aliphatic rings. The number of aryl methyl sites for hydroxylation is 2. The number of Topliss-reactive ketones (excluding diaryl/α,β-unsaturated/α-hetero) is 1. The van der Waals surface area contributed by atoms with Gasteiger partial charge in [0.15, 0.2) is 5.78 Å². The maximum absolute atomic E-state index is 12.2.